The molecule has 1 aromatic rings. The van der Waals surface area contributed by atoms with Gasteiger partial charge in [-0.05, 0) is 39.1 Å². The maximum absolute atomic E-state index is 12.1. The van der Waals surface area contributed by atoms with Gasteiger partial charge in [-0.2, -0.15) is 4.98 Å². The molecule has 1 aromatic heterocycles. The van der Waals surface area contributed by atoms with Crippen LogP contribution < -0.4 is 10.4 Å². The Kier molecular flexibility index (Phi) is 4.70. The van der Waals surface area contributed by atoms with Crippen molar-refractivity contribution in [3.8, 4) is 5.88 Å². The maximum atomic E-state index is 12.1. The van der Waals surface area contributed by atoms with Crippen LogP contribution in [-0.4, -0.2) is 33.1 Å². The fourth-order valence-corrected chi connectivity index (χ4v) is 2.32. The second-order valence-electron chi connectivity index (χ2n) is 5.49. The van der Waals surface area contributed by atoms with Gasteiger partial charge >= 0.3 is 5.69 Å². The highest BCUT2D eigenvalue weighted by molar-refractivity contribution is 5.21. The Labute approximate surface area is 127 Å². The summed E-state index contributed by atoms with van der Waals surface area (Å²) in [5.41, 5.74) is 7.43. The Bertz CT molecular complexity index is 652. The molecule has 1 aliphatic heterocycles. The summed E-state index contributed by atoms with van der Waals surface area (Å²) < 4.78 is 12.4. The summed E-state index contributed by atoms with van der Waals surface area (Å²) in [6, 6.07) is 0. The van der Waals surface area contributed by atoms with Crippen LogP contribution in [0.4, 0.5) is 0 Å². The molecule has 2 heterocycles. The number of aliphatic hydroxyl groups excluding tert-OH is 1. The summed E-state index contributed by atoms with van der Waals surface area (Å²) in [5, 5.41) is 12.9. The number of ether oxygens (including phenoxy) is 2. The molecule has 0 aromatic carbocycles. The number of hydrogen-bond donors (Lipinski definition) is 1. The van der Waals surface area contributed by atoms with E-state index in [2.05, 4.69) is 15.0 Å². The summed E-state index contributed by atoms with van der Waals surface area (Å²) in [7, 11) is 0. The number of hydrogen-bond acceptors (Lipinski definition) is 6. The Morgan fingerprint density at radius 2 is 2.45 bits per heavy atom. The van der Waals surface area contributed by atoms with Crippen molar-refractivity contribution in [2.45, 2.75) is 51.7 Å². The van der Waals surface area contributed by atoms with E-state index in [0.29, 0.717) is 18.4 Å². The number of azide groups is 1. The third-order valence-electron chi connectivity index (χ3n) is 3.36. The first-order chi connectivity index (χ1) is 10.4. The van der Waals surface area contributed by atoms with Gasteiger partial charge in [-0.25, -0.2) is 4.79 Å². The van der Waals surface area contributed by atoms with Crippen molar-refractivity contribution in [2.75, 3.05) is 6.61 Å². The second kappa shape index (κ2) is 6.35. The van der Waals surface area contributed by atoms with E-state index in [0.717, 1.165) is 0 Å². The average molecular weight is 309 g/mol. The molecule has 9 heteroatoms. The van der Waals surface area contributed by atoms with Crippen molar-refractivity contribution in [3.63, 3.8) is 0 Å². The molecule has 1 N–H and O–H groups in total. The van der Waals surface area contributed by atoms with Crippen molar-refractivity contribution in [2.24, 2.45) is 5.11 Å². The average Bonchev–Trinajstić information content (AvgIpc) is 2.87. The lowest BCUT2D eigenvalue weighted by Gasteiger charge is -2.22. The number of aryl methyl sites for hydroxylation is 1. The summed E-state index contributed by atoms with van der Waals surface area (Å²) in [5.74, 6) is 0.290. The maximum Gasteiger partial charge on any atom is 0.352 e. The van der Waals surface area contributed by atoms with Crippen LogP contribution >= 0.6 is 0 Å². The Morgan fingerprint density at radius 1 is 1.73 bits per heavy atom. The molecule has 0 saturated carbocycles. The highest BCUT2D eigenvalue weighted by Gasteiger charge is 2.40. The fourth-order valence-electron chi connectivity index (χ4n) is 2.32. The molecule has 1 aliphatic rings. The molecule has 0 bridgehead atoms. The molecule has 1 saturated heterocycles. The molecule has 0 aliphatic carbocycles. The third-order valence-corrected chi connectivity index (χ3v) is 3.36. The van der Waals surface area contributed by atoms with E-state index in [1.807, 2.05) is 13.8 Å². The molecule has 0 spiro atoms. The predicted octanol–water partition coefficient (Wildman–Crippen LogP) is 1.65. The zero-order valence-electron chi connectivity index (χ0n) is 12.8. The lowest BCUT2D eigenvalue weighted by Crippen LogP contribution is -2.33. The van der Waals surface area contributed by atoms with Crippen LogP contribution in [0, 0.1) is 6.92 Å². The summed E-state index contributed by atoms with van der Waals surface area (Å²) in [6.07, 6.45) is 1.64. The minimum atomic E-state index is -1.32. The molecular formula is C13H19N5O4. The monoisotopic (exact) mass is 309 g/mol. The van der Waals surface area contributed by atoms with Crippen LogP contribution in [-0.2, 0) is 4.74 Å². The minimum absolute atomic E-state index is 0.0869. The van der Waals surface area contributed by atoms with Gasteiger partial charge in [-0.1, -0.05) is 5.11 Å². The number of nitrogens with zero attached hydrogens (tertiary/aromatic N) is 5. The Balaban J connectivity index is 2.29. The van der Waals surface area contributed by atoms with Crippen LogP contribution in [0.25, 0.3) is 10.4 Å². The summed E-state index contributed by atoms with van der Waals surface area (Å²) in [4.78, 5) is 18.8. The third kappa shape index (κ3) is 3.22. The van der Waals surface area contributed by atoms with Crippen molar-refractivity contribution in [1.29, 1.82) is 0 Å². The van der Waals surface area contributed by atoms with Crippen molar-refractivity contribution < 1.29 is 14.6 Å². The summed E-state index contributed by atoms with van der Waals surface area (Å²) in [6.45, 7) is 5.04. The lowest BCUT2D eigenvalue weighted by atomic mass is 10.1. The smallest absolute Gasteiger partial charge is 0.352 e. The molecule has 0 unspecified atom stereocenters. The highest BCUT2D eigenvalue weighted by atomic mass is 16.6. The van der Waals surface area contributed by atoms with Crippen LogP contribution in [0.3, 0.4) is 0 Å². The standard InChI is InChI=1S/C13H19N5O4/c1-8(2)21-11-9(3)6-18(12(20)15-11)10-4-5-13(7-19,22-10)16-17-14/h6,8,10,19H,4-5,7H2,1-3H3/t10-,13-/m0/s1. The van der Waals surface area contributed by atoms with E-state index < -0.39 is 24.2 Å². The first-order valence-corrected chi connectivity index (χ1v) is 7.02. The normalized spacial score (nSPS) is 24.3. The van der Waals surface area contributed by atoms with Gasteiger partial charge in [0, 0.05) is 16.7 Å². The first kappa shape index (κ1) is 16.3. The Morgan fingerprint density at radius 3 is 3.05 bits per heavy atom. The molecule has 2 rings (SSSR count). The minimum Gasteiger partial charge on any atom is -0.475 e. The van der Waals surface area contributed by atoms with E-state index in [4.69, 9.17) is 15.0 Å². The quantitative estimate of drug-likeness (QED) is 0.503. The van der Waals surface area contributed by atoms with Crippen LogP contribution in [0.1, 0.15) is 38.5 Å². The van der Waals surface area contributed by atoms with Gasteiger partial charge < -0.3 is 14.6 Å². The van der Waals surface area contributed by atoms with Crippen molar-refractivity contribution in [3.05, 3.63) is 32.7 Å². The molecule has 120 valence electrons. The second-order valence-corrected chi connectivity index (χ2v) is 5.49. The molecule has 9 nitrogen and oxygen atoms in total. The van der Waals surface area contributed by atoms with E-state index in [-0.39, 0.29) is 12.0 Å². The van der Waals surface area contributed by atoms with E-state index >= 15 is 0 Å². The van der Waals surface area contributed by atoms with E-state index in [1.54, 1.807) is 13.1 Å². The zero-order chi connectivity index (χ0) is 16.3. The number of aliphatic hydroxyl groups is 1. The number of aromatic nitrogens is 2. The van der Waals surface area contributed by atoms with Gasteiger partial charge in [0.05, 0.1) is 12.7 Å². The van der Waals surface area contributed by atoms with Gasteiger partial charge in [-0.15, -0.1) is 0 Å². The zero-order valence-corrected chi connectivity index (χ0v) is 12.8. The first-order valence-electron chi connectivity index (χ1n) is 7.02. The molecular weight excluding hydrogens is 290 g/mol. The van der Waals surface area contributed by atoms with Crippen molar-refractivity contribution in [1.82, 2.24) is 9.55 Å². The van der Waals surface area contributed by atoms with Gasteiger partial charge in [0.15, 0.2) is 5.72 Å². The van der Waals surface area contributed by atoms with E-state index in [9.17, 15) is 9.90 Å². The lowest BCUT2D eigenvalue weighted by molar-refractivity contribution is -0.0952. The van der Waals surface area contributed by atoms with Crippen LogP contribution in [0.2, 0.25) is 0 Å². The van der Waals surface area contributed by atoms with Gasteiger partial charge in [0.1, 0.15) is 6.23 Å². The van der Waals surface area contributed by atoms with Crippen molar-refractivity contribution >= 4 is 0 Å². The molecule has 0 radical (unpaired) electrons. The fraction of sp³-hybridized carbons (Fsp3) is 0.692. The van der Waals surface area contributed by atoms with Gasteiger partial charge in [-0.3, -0.25) is 4.57 Å². The molecule has 22 heavy (non-hydrogen) atoms. The SMILES string of the molecule is Cc1cn([C@@H]2CC[C@](CO)(N=[N+]=[N-])O2)c(=O)nc1OC(C)C. The predicted molar refractivity (Wildman–Crippen MR) is 77.3 cm³/mol. The van der Waals surface area contributed by atoms with E-state index in [1.165, 1.54) is 4.57 Å². The summed E-state index contributed by atoms with van der Waals surface area (Å²) >= 11 is 0. The van der Waals surface area contributed by atoms with Crippen LogP contribution in [0.5, 0.6) is 5.88 Å². The molecule has 0 amide bonds. The van der Waals surface area contributed by atoms with Gasteiger partial charge in [0.25, 0.3) is 0 Å². The Hall–Kier alpha value is -2.09. The highest BCUT2D eigenvalue weighted by Crippen LogP contribution is 2.37. The number of rotatable bonds is 5. The van der Waals surface area contributed by atoms with Gasteiger partial charge in [0.2, 0.25) is 5.88 Å². The largest absolute Gasteiger partial charge is 0.475 e. The topological polar surface area (TPSA) is 122 Å². The molecule has 2 atom stereocenters. The van der Waals surface area contributed by atoms with Crippen LogP contribution in [0.15, 0.2) is 16.1 Å². The molecule has 1 fully saturated rings.